The number of hydrogen-bond acceptors (Lipinski definition) is 6. The molecule has 1 fully saturated rings. The molecule has 0 radical (unpaired) electrons. The molecular weight excluding hydrogens is 436 g/mol. The number of hydrogen-bond donors (Lipinski definition) is 0. The monoisotopic (exact) mass is 466 g/mol. The molecule has 168 valence electrons. The highest BCUT2D eigenvalue weighted by atomic mass is 33.1. The lowest BCUT2D eigenvalue weighted by atomic mass is 9.97. The average Bonchev–Trinajstić information content (AvgIpc) is 2.80. The van der Waals surface area contributed by atoms with Gasteiger partial charge in [-0.2, -0.15) is 0 Å². The molecule has 2 atom stereocenters. The molecule has 4 nitrogen and oxygen atoms in total. The number of allylic oxidation sites excluding steroid dienone is 3. The number of methoxy groups -OCH3 is 1. The van der Waals surface area contributed by atoms with Gasteiger partial charge in [0.15, 0.2) is 5.75 Å². The van der Waals surface area contributed by atoms with E-state index < -0.39 is 0 Å². The zero-order valence-corrected chi connectivity index (χ0v) is 20.3. The van der Waals surface area contributed by atoms with E-state index >= 15 is 0 Å². The van der Waals surface area contributed by atoms with Crippen LogP contribution in [0.3, 0.4) is 0 Å². The molecule has 0 bridgehead atoms. The summed E-state index contributed by atoms with van der Waals surface area (Å²) in [5.41, 5.74) is 2.51. The highest BCUT2D eigenvalue weighted by Gasteiger charge is 2.31. The molecule has 1 aromatic carbocycles. The van der Waals surface area contributed by atoms with E-state index in [9.17, 15) is 0 Å². The average molecular weight is 467 g/mol. The van der Waals surface area contributed by atoms with Crippen molar-refractivity contribution >= 4 is 21.6 Å². The molecule has 3 rings (SSSR count). The van der Waals surface area contributed by atoms with Crippen molar-refractivity contribution in [3.05, 3.63) is 103 Å². The molecule has 1 aromatic heterocycles. The number of ether oxygens (including phenoxy) is 2. The first-order valence-corrected chi connectivity index (χ1v) is 12.7. The predicted molar refractivity (Wildman–Crippen MR) is 137 cm³/mol. The molecule has 0 aliphatic carbocycles. The van der Waals surface area contributed by atoms with Crippen LogP contribution in [-0.2, 0) is 4.74 Å². The van der Waals surface area contributed by atoms with E-state index in [2.05, 4.69) is 60.0 Å². The second-order valence-electron chi connectivity index (χ2n) is 7.50. The van der Waals surface area contributed by atoms with Gasteiger partial charge in [0.2, 0.25) is 0 Å². The van der Waals surface area contributed by atoms with Gasteiger partial charge in [0.05, 0.1) is 18.9 Å². The number of rotatable bonds is 10. The SMILES string of the molecule is C=C/C=C1/CN(C(C(=C)OC)c2ccccc2)CCC1SSc1ncccc1OC(=C)C. The van der Waals surface area contributed by atoms with Crippen LogP contribution in [0.4, 0.5) is 0 Å². The fourth-order valence-corrected chi connectivity index (χ4v) is 6.32. The number of likely N-dealkylation sites (tertiary alicyclic amines) is 1. The van der Waals surface area contributed by atoms with E-state index in [1.807, 2.05) is 42.0 Å². The van der Waals surface area contributed by atoms with Crippen LogP contribution in [0.15, 0.2) is 103 Å². The minimum Gasteiger partial charge on any atom is -0.500 e. The van der Waals surface area contributed by atoms with E-state index in [-0.39, 0.29) is 6.04 Å². The molecule has 32 heavy (non-hydrogen) atoms. The van der Waals surface area contributed by atoms with Crippen molar-refractivity contribution in [3.8, 4) is 5.75 Å². The van der Waals surface area contributed by atoms with Crippen molar-refractivity contribution in [3.63, 3.8) is 0 Å². The molecule has 2 unspecified atom stereocenters. The van der Waals surface area contributed by atoms with Gasteiger partial charge in [-0.15, -0.1) is 0 Å². The lowest BCUT2D eigenvalue weighted by Crippen LogP contribution is -2.40. The summed E-state index contributed by atoms with van der Waals surface area (Å²) in [5.74, 6) is 2.14. The number of nitrogens with zero attached hydrogens (tertiary/aromatic N) is 2. The Morgan fingerprint density at radius 1 is 1.22 bits per heavy atom. The highest BCUT2D eigenvalue weighted by Crippen LogP contribution is 2.44. The van der Waals surface area contributed by atoms with Gasteiger partial charge in [0.25, 0.3) is 0 Å². The molecule has 0 N–H and O–H groups in total. The second-order valence-corrected chi connectivity index (χ2v) is 9.89. The molecule has 2 aromatic rings. The Morgan fingerprint density at radius 3 is 2.69 bits per heavy atom. The summed E-state index contributed by atoms with van der Waals surface area (Å²) < 4.78 is 11.3. The van der Waals surface area contributed by atoms with Crippen molar-refractivity contribution in [1.82, 2.24) is 9.88 Å². The molecular formula is C26H30N2O2S2. The maximum atomic E-state index is 5.74. The van der Waals surface area contributed by atoms with Crippen LogP contribution in [0.5, 0.6) is 5.75 Å². The van der Waals surface area contributed by atoms with Gasteiger partial charge < -0.3 is 9.47 Å². The van der Waals surface area contributed by atoms with Gasteiger partial charge in [0, 0.05) is 24.5 Å². The van der Waals surface area contributed by atoms with Crippen LogP contribution in [0.1, 0.15) is 24.9 Å². The van der Waals surface area contributed by atoms with E-state index in [0.29, 0.717) is 11.0 Å². The third-order valence-corrected chi connectivity index (χ3v) is 7.91. The van der Waals surface area contributed by atoms with Gasteiger partial charge >= 0.3 is 0 Å². The smallest absolute Gasteiger partial charge is 0.159 e. The van der Waals surface area contributed by atoms with Crippen LogP contribution in [-0.4, -0.2) is 35.3 Å². The fourth-order valence-electron chi connectivity index (χ4n) is 3.68. The summed E-state index contributed by atoms with van der Waals surface area (Å²) in [6.45, 7) is 15.6. The van der Waals surface area contributed by atoms with Gasteiger partial charge in [0.1, 0.15) is 10.8 Å². The molecule has 1 aliphatic rings. The predicted octanol–water partition coefficient (Wildman–Crippen LogP) is 6.82. The Morgan fingerprint density at radius 2 is 2.00 bits per heavy atom. The van der Waals surface area contributed by atoms with Crippen LogP contribution in [0.25, 0.3) is 0 Å². The zero-order valence-electron chi connectivity index (χ0n) is 18.7. The molecule has 1 saturated heterocycles. The zero-order chi connectivity index (χ0) is 22.9. The van der Waals surface area contributed by atoms with Gasteiger partial charge in [-0.1, -0.05) is 73.0 Å². The van der Waals surface area contributed by atoms with E-state index in [0.717, 1.165) is 36.0 Å². The van der Waals surface area contributed by atoms with Crippen molar-refractivity contribution in [2.24, 2.45) is 0 Å². The van der Waals surface area contributed by atoms with Gasteiger partial charge in [-0.3, -0.25) is 4.90 Å². The van der Waals surface area contributed by atoms with Crippen LogP contribution < -0.4 is 4.74 Å². The van der Waals surface area contributed by atoms with E-state index in [4.69, 9.17) is 9.47 Å². The summed E-state index contributed by atoms with van der Waals surface area (Å²) in [4.78, 5) is 6.93. The fraction of sp³-hybridized carbons (Fsp3) is 0.269. The Hall–Kier alpha value is -2.41. The molecule has 0 spiro atoms. The summed E-state index contributed by atoms with van der Waals surface area (Å²) >= 11 is 0. The molecule has 0 saturated carbocycles. The highest BCUT2D eigenvalue weighted by molar-refractivity contribution is 8.77. The first kappa shape index (κ1) is 24.2. The standard InChI is InChI=1S/C26H30N2O2S2/c1-6-11-22-18-28(25(20(4)29-5)21-12-8-7-9-13-21)17-15-24(22)31-32-26-23(30-19(2)3)14-10-16-27-26/h6-14,16,24-25H,1-2,4,15,17-18H2,3,5H3/b22-11-. The number of pyridine rings is 1. The van der Waals surface area contributed by atoms with Crippen LogP contribution in [0.2, 0.25) is 0 Å². The second kappa shape index (κ2) is 12.0. The Balaban J connectivity index is 1.74. The van der Waals surface area contributed by atoms with Crippen molar-refractivity contribution in [2.75, 3.05) is 20.2 Å². The summed E-state index contributed by atoms with van der Waals surface area (Å²) in [7, 11) is 5.15. The first-order valence-electron chi connectivity index (χ1n) is 10.5. The minimum atomic E-state index is 0.0133. The van der Waals surface area contributed by atoms with Crippen molar-refractivity contribution in [2.45, 2.75) is 29.7 Å². The number of benzene rings is 1. The third-order valence-electron chi connectivity index (χ3n) is 5.12. The first-order chi connectivity index (χ1) is 15.5. The van der Waals surface area contributed by atoms with Gasteiger partial charge in [-0.05, 0) is 47.4 Å². The maximum Gasteiger partial charge on any atom is 0.159 e. The number of piperidine rings is 1. The van der Waals surface area contributed by atoms with Crippen LogP contribution in [0, 0.1) is 0 Å². The summed E-state index contributed by atoms with van der Waals surface area (Å²) in [6, 6.07) is 14.2. The van der Waals surface area contributed by atoms with E-state index in [1.165, 1.54) is 11.1 Å². The van der Waals surface area contributed by atoms with Crippen molar-refractivity contribution < 1.29 is 9.47 Å². The molecule has 6 heteroatoms. The third kappa shape index (κ3) is 6.31. The topological polar surface area (TPSA) is 34.6 Å². The van der Waals surface area contributed by atoms with Crippen molar-refractivity contribution in [1.29, 1.82) is 0 Å². The molecule has 0 amide bonds. The largest absolute Gasteiger partial charge is 0.500 e. The summed E-state index contributed by atoms with van der Waals surface area (Å²) in [6.07, 6.45) is 6.79. The minimum absolute atomic E-state index is 0.0133. The quantitative estimate of drug-likeness (QED) is 0.282. The lowest BCUT2D eigenvalue weighted by molar-refractivity contribution is 0.150. The maximum absolute atomic E-state index is 5.74. The normalized spacial score (nSPS) is 18.7. The van der Waals surface area contributed by atoms with E-state index in [1.54, 1.807) is 24.1 Å². The van der Waals surface area contributed by atoms with Gasteiger partial charge in [-0.25, -0.2) is 4.98 Å². The molecule has 2 heterocycles. The summed E-state index contributed by atoms with van der Waals surface area (Å²) in [5, 5.41) is 1.21. The lowest BCUT2D eigenvalue weighted by Gasteiger charge is -2.39. The Bertz CT molecular complexity index is 975. The Kier molecular flexibility index (Phi) is 9.09. The molecule has 1 aliphatic heterocycles. The number of aromatic nitrogens is 1. The van der Waals surface area contributed by atoms with Crippen LogP contribution >= 0.6 is 21.6 Å². The Labute approximate surface area is 199 Å².